The van der Waals surface area contributed by atoms with Crippen molar-refractivity contribution in [3.8, 4) is 0 Å². The summed E-state index contributed by atoms with van der Waals surface area (Å²) in [7, 11) is 1.82. The van der Waals surface area contributed by atoms with Gasteiger partial charge in [-0.3, -0.25) is 5.32 Å². The van der Waals surface area contributed by atoms with Gasteiger partial charge in [0.25, 0.3) is 0 Å². The van der Waals surface area contributed by atoms with E-state index in [0.717, 1.165) is 0 Å². The van der Waals surface area contributed by atoms with Gasteiger partial charge in [-0.2, -0.15) is 0 Å². The number of hydrogen-bond acceptors (Lipinski definition) is 6. The fourth-order valence-corrected chi connectivity index (χ4v) is 1.75. The molecule has 2 rings (SSSR count). The monoisotopic (exact) mass is 253 g/mol. The van der Waals surface area contributed by atoms with Gasteiger partial charge >= 0.3 is 6.03 Å². The van der Waals surface area contributed by atoms with Crippen molar-refractivity contribution in [1.29, 1.82) is 0 Å². The molecule has 1 atom stereocenters. The van der Waals surface area contributed by atoms with E-state index in [0.29, 0.717) is 11.0 Å². The Morgan fingerprint density at radius 3 is 2.88 bits per heavy atom. The van der Waals surface area contributed by atoms with Crippen LogP contribution in [0.2, 0.25) is 0 Å². The molecule has 0 aromatic carbocycles. The van der Waals surface area contributed by atoms with Crippen LogP contribution in [-0.2, 0) is 7.05 Å². The lowest BCUT2D eigenvalue weighted by atomic mass is 10.3. The standard InChI is InChI=1S/C8H11N7OS/c1-5(6-13-9-3-15(6)2)11-7(16)12-8-14-10-4-17-8/h3-5H,1-2H3,(H2,11,12,14,16)/t5-/m1/s1. The van der Waals surface area contributed by atoms with Crippen LogP contribution in [0.15, 0.2) is 11.8 Å². The minimum absolute atomic E-state index is 0.240. The van der Waals surface area contributed by atoms with E-state index in [-0.39, 0.29) is 12.1 Å². The zero-order valence-electron chi connectivity index (χ0n) is 9.28. The summed E-state index contributed by atoms with van der Waals surface area (Å²) in [6.07, 6.45) is 1.58. The summed E-state index contributed by atoms with van der Waals surface area (Å²) in [4.78, 5) is 11.6. The number of anilines is 1. The molecule has 90 valence electrons. The quantitative estimate of drug-likeness (QED) is 0.832. The highest BCUT2D eigenvalue weighted by molar-refractivity contribution is 7.13. The summed E-state index contributed by atoms with van der Waals surface area (Å²) in [5, 5.41) is 20.7. The van der Waals surface area contributed by atoms with Crippen LogP contribution in [0.5, 0.6) is 0 Å². The van der Waals surface area contributed by atoms with E-state index in [2.05, 4.69) is 31.0 Å². The topological polar surface area (TPSA) is 97.6 Å². The SMILES string of the molecule is C[C@@H](NC(=O)Nc1nncs1)c1nncn1C. The number of urea groups is 1. The Labute approximate surface area is 101 Å². The van der Waals surface area contributed by atoms with Gasteiger partial charge in [0.2, 0.25) is 5.13 Å². The first kappa shape index (κ1) is 11.5. The Kier molecular flexibility index (Phi) is 3.28. The third-order valence-corrected chi connectivity index (χ3v) is 2.67. The van der Waals surface area contributed by atoms with Gasteiger partial charge in [0, 0.05) is 7.05 Å². The van der Waals surface area contributed by atoms with Crippen LogP contribution in [0.4, 0.5) is 9.93 Å². The number of aryl methyl sites for hydroxylation is 1. The van der Waals surface area contributed by atoms with Gasteiger partial charge in [-0.25, -0.2) is 4.79 Å². The number of carbonyl (C=O) groups excluding carboxylic acids is 1. The Morgan fingerprint density at radius 1 is 1.47 bits per heavy atom. The van der Waals surface area contributed by atoms with Crippen molar-refractivity contribution in [3.05, 3.63) is 17.7 Å². The summed E-state index contributed by atoms with van der Waals surface area (Å²) in [5.74, 6) is 0.678. The molecule has 0 spiro atoms. The van der Waals surface area contributed by atoms with Crippen LogP contribution in [0.1, 0.15) is 18.8 Å². The van der Waals surface area contributed by atoms with E-state index in [4.69, 9.17) is 0 Å². The minimum atomic E-state index is -0.350. The van der Waals surface area contributed by atoms with E-state index in [1.165, 1.54) is 11.3 Å². The van der Waals surface area contributed by atoms with E-state index in [1.807, 2.05) is 14.0 Å². The Bertz CT molecular complexity index is 494. The predicted octanol–water partition coefficient (Wildman–Crippen LogP) is 0.549. The summed E-state index contributed by atoms with van der Waals surface area (Å²) >= 11 is 1.25. The van der Waals surface area contributed by atoms with Crippen LogP contribution < -0.4 is 10.6 Å². The molecule has 0 fully saturated rings. The van der Waals surface area contributed by atoms with E-state index < -0.39 is 0 Å². The molecule has 0 saturated carbocycles. The van der Waals surface area contributed by atoms with Crippen molar-refractivity contribution < 1.29 is 4.79 Å². The second-order valence-corrected chi connectivity index (χ2v) is 4.20. The number of hydrogen-bond donors (Lipinski definition) is 2. The lowest BCUT2D eigenvalue weighted by molar-refractivity contribution is 0.248. The predicted molar refractivity (Wildman–Crippen MR) is 61.5 cm³/mol. The molecule has 0 aliphatic heterocycles. The summed E-state index contributed by atoms with van der Waals surface area (Å²) in [5.41, 5.74) is 1.54. The molecule has 2 aromatic heterocycles. The van der Waals surface area contributed by atoms with Crippen LogP contribution in [0.3, 0.4) is 0 Å². The van der Waals surface area contributed by atoms with Crippen molar-refractivity contribution in [2.75, 3.05) is 5.32 Å². The maximum Gasteiger partial charge on any atom is 0.321 e. The first-order valence-corrected chi connectivity index (χ1v) is 5.72. The van der Waals surface area contributed by atoms with Crippen LogP contribution in [-0.4, -0.2) is 31.0 Å². The largest absolute Gasteiger partial charge is 0.328 e. The molecule has 9 heteroatoms. The molecule has 0 bridgehead atoms. The summed E-state index contributed by atoms with van der Waals surface area (Å²) < 4.78 is 1.75. The van der Waals surface area contributed by atoms with E-state index in [9.17, 15) is 4.79 Å². The van der Waals surface area contributed by atoms with Gasteiger partial charge in [0.1, 0.15) is 11.8 Å². The Hall–Kier alpha value is -2.03. The smallest absolute Gasteiger partial charge is 0.321 e. The van der Waals surface area contributed by atoms with Crippen molar-refractivity contribution >= 4 is 22.5 Å². The number of nitrogens with one attached hydrogen (secondary N) is 2. The maximum atomic E-state index is 11.6. The van der Waals surface area contributed by atoms with Gasteiger partial charge < -0.3 is 9.88 Å². The first-order valence-electron chi connectivity index (χ1n) is 4.84. The molecule has 2 amide bonds. The van der Waals surface area contributed by atoms with Crippen molar-refractivity contribution in [2.24, 2.45) is 7.05 Å². The zero-order valence-corrected chi connectivity index (χ0v) is 10.1. The molecule has 17 heavy (non-hydrogen) atoms. The Morgan fingerprint density at radius 2 is 2.29 bits per heavy atom. The number of carbonyl (C=O) groups is 1. The Balaban J connectivity index is 1.93. The average molecular weight is 253 g/mol. The highest BCUT2D eigenvalue weighted by Crippen LogP contribution is 2.10. The van der Waals surface area contributed by atoms with Crippen LogP contribution >= 0.6 is 11.3 Å². The molecule has 0 saturated heterocycles. The molecule has 0 aliphatic carbocycles. The second kappa shape index (κ2) is 4.87. The lowest BCUT2D eigenvalue weighted by Crippen LogP contribution is -2.32. The highest BCUT2D eigenvalue weighted by atomic mass is 32.1. The zero-order chi connectivity index (χ0) is 12.3. The molecule has 8 nitrogen and oxygen atoms in total. The van der Waals surface area contributed by atoms with E-state index in [1.54, 1.807) is 16.4 Å². The average Bonchev–Trinajstić information content (AvgIpc) is 2.88. The van der Waals surface area contributed by atoms with Crippen LogP contribution in [0, 0.1) is 0 Å². The van der Waals surface area contributed by atoms with Gasteiger partial charge in [-0.05, 0) is 6.92 Å². The number of amides is 2. The van der Waals surface area contributed by atoms with Crippen molar-refractivity contribution in [3.63, 3.8) is 0 Å². The molecule has 2 aromatic rings. The molecule has 0 aliphatic rings. The van der Waals surface area contributed by atoms with Gasteiger partial charge in [0.15, 0.2) is 5.82 Å². The number of nitrogens with zero attached hydrogens (tertiary/aromatic N) is 5. The van der Waals surface area contributed by atoms with Crippen LogP contribution in [0.25, 0.3) is 0 Å². The van der Waals surface area contributed by atoms with E-state index >= 15 is 0 Å². The normalized spacial score (nSPS) is 12.1. The first-order chi connectivity index (χ1) is 8.16. The number of rotatable bonds is 3. The summed E-state index contributed by atoms with van der Waals surface area (Å²) in [6, 6.07) is -0.590. The summed E-state index contributed by atoms with van der Waals surface area (Å²) in [6.45, 7) is 1.82. The third-order valence-electron chi connectivity index (χ3n) is 2.06. The van der Waals surface area contributed by atoms with Gasteiger partial charge in [-0.15, -0.1) is 20.4 Å². The molecule has 0 unspecified atom stereocenters. The fraction of sp³-hybridized carbons (Fsp3) is 0.375. The molecule has 2 heterocycles. The fourth-order valence-electron chi connectivity index (χ4n) is 1.31. The maximum absolute atomic E-state index is 11.6. The third kappa shape index (κ3) is 2.75. The molecule has 0 radical (unpaired) electrons. The van der Waals surface area contributed by atoms with Gasteiger partial charge in [-0.1, -0.05) is 11.3 Å². The highest BCUT2D eigenvalue weighted by Gasteiger charge is 2.14. The van der Waals surface area contributed by atoms with Crippen molar-refractivity contribution in [2.45, 2.75) is 13.0 Å². The lowest BCUT2D eigenvalue weighted by Gasteiger charge is -2.12. The van der Waals surface area contributed by atoms with Crippen molar-refractivity contribution in [1.82, 2.24) is 30.3 Å². The number of aromatic nitrogens is 5. The molecular formula is C8H11N7OS. The minimum Gasteiger partial charge on any atom is -0.328 e. The van der Waals surface area contributed by atoms with Gasteiger partial charge in [0.05, 0.1) is 6.04 Å². The molecular weight excluding hydrogens is 242 g/mol. The second-order valence-electron chi connectivity index (χ2n) is 3.36. The molecule has 2 N–H and O–H groups in total.